The van der Waals surface area contributed by atoms with E-state index in [1.807, 2.05) is 0 Å². The molecule has 0 fully saturated rings. The van der Waals surface area contributed by atoms with E-state index in [4.69, 9.17) is 4.42 Å². The second-order valence-electron chi connectivity index (χ2n) is 5.00. The molecule has 1 atom stereocenters. The fraction of sp³-hybridized carbons (Fsp3) is 0.214. The van der Waals surface area contributed by atoms with Crippen molar-refractivity contribution in [3.63, 3.8) is 0 Å². The molecule has 3 heterocycles. The molecule has 0 saturated heterocycles. The highest BCUT2D eigenvalue weighted by Gasteiger charge is 2.38. The second kappa shape index (κ2) is 6.78. The summed E-state index contributed by atoms with van der Waals surface area (Å²) in [5, 5.41) is 0. The number of halogens is 6. The Kier molecular flexibility index (Phi) is 4.93. The molecule has 0 bridgehead atoms. The van der Waals surface area contributed by atoms with Crippen molar-refractivity contribution in [1.82, 2.24) is 15.0 Å². The van der Waals surface area contributed by atoms with Gasteiger partial charge in [0, 0.05) is 17.3 Å². The molecule has 0 aliphatic carbocycles. The van der Waals surface area contributed by atoms with Gasteiger partial charge in [0.2, 0.25) is 11.6 Å². The van der Waals surface area contributed by atoms with Crippen LogP contribution in [0.1, 0.15) is 5.56 Å². The Morgan fingerprint density at radius 2 is 1.78 bits per heavy atom. The first-order chi connectivity index (χ1) is 12.5. The van der Waals surface area contributed by atoms with E-state index in [0.29, 0.717) is 6.20 Å². The maximum Gasteiger partial charge on any atom is 0.475 e. The minimum absolute atomic E-state index is 0.0213. The number of fused-ring (bicyclic) bond motifs is 1. The van der Waals surface area contributed by atoms with Crippen LogP contribution in [0.3, 0.4) is 0 Å². The summed E-state index contributed by atoms with van der Waals surface area (Å²) < 4.78 is 92.8. The number of pyridine rings is 2. The molecule has 0 aliphatic heterocycles. The number of oxazole rings is 1. The molecule has 0 amide bonds. The molecular formula is C14H7F6N3O2S2. The van der Waals surface area contributed by atoms with E-state index in [0.717, 1.165) is 30.1 Å². The molecule has 27 heavy (non-hydrogen) atoms. The van der Waals surface area contributed by atoms with Crippen LogP contribution in [0.15, 0.2) is 38.7 Å². The third kappa shape index (κ3) is 3.93. The highest BCUT2D eigenvalue weighted by atomic mass is 32.2. The number of nitrogens with zero attached hydrogens (tertiary/aromatic N) is 3. The fourth-order valence-corrected chi connectivity index (χ4v) is 3.27. The first-order valence-electron chi connectivity index (χ1n) is 6.87. The van der Waals surface area contributed by atoms with Gasteiger partial charge in [-0.25, -0.2) is 19.2 Å². The molecule has 0 radical (unpaired) electrons. The topological polar surface area (TPSA) is 68.9 Å². The summed E-state index contributed by atoms with van der Waals surface area (Å²) in [6, 6.07) is 1.75. The van der Waals surface area contributed by atoms with Crippen molar-refractivity contribution in [2.45, 2.75) is 21.5 Å². The Morgan fingerprint density at radius 3 is 2.37 bits per heavy atom. The molecule has 0 spiro atoms. The number of aromatic nitrogens is 3. The molecular weight excluding hydrogens is 420 g/mol. The Labute approximate surface area is 153 Å². The zero-order chi connectivity index (χ0) is 20.0. The average molecular weight is 427 g/mol. The third-order valence-corrected chi connectivity index (χ3v) is 5.07. The fourth-order valence-electron chi connectivity index (χ4n) is 2.06. The van der Waals surface area contributed by atoms with Gasteiger partial charge in [-0.1, -0.05) is 0 Å². The Morgan fingerprint density at radius 1 is 1.07 bits per heavy atom. The van der Waals surface area contributed by atoms with E-state index in [9.17, 15) is 30.6 Å². The van der Waals surface area contributed by atoms with Crippen molar-refractivity contribution in [3.8, 4) is 11.6 Å². The van der Waals surface area contributed by atoms with Gasteiger partial charge in [-0.3, -0.25) is 0 Å². The van der Waals surface area contributed by atoms with E-state index in [1.54, 1.807) is 0 Å². The lowest BCUT2D eigenvalue weighted by atomic mass is 10.2. The number of rotatable bonds is 3. The van der Waals surface area contributed by atoms with E-state index in [1.165, 1.54) is 6.26 Å². The summed E-state index contributed by atoms with van der Waals surface area (Å²) in [5.41, 5.74) is -6.25. The molecule has 0 saturated carbocycles. The molecule has 144 valence electrons. The Balaban J connectivity index is 2.07. The van der Waals surface area contributed by atoms with E-state index in [2.05, 4.69) is 15.0 Å². The van der Waals surface area contributed by atoms with Crippen molar-refractivity contribution >= 4 is 33.8 Å². The van der Waals surface area contributed by atoms with Crippen LogP contribution < -0.4 is 0 Å². The smallest absolute Gasteiger partial charge is 0.416 e. The van der Waals surface area contributed by atoms with E-state index < -0.39 is 32.9 Å². The Hall–Kier alpha value is -2.15. The average Bonchev–Trinajstić information content (AvgIpc) is 3.01. The quantitative estimate of drug-likeness (QED) is 0.448. The third-order valence-electron chi connectivity index (χ3n) is 3.25. The van der Waals surface area contributed by atoms with Gasteiger partial charge in [-0.15, -0.1) is 11.8 Å². The van der Waals surface area contributed by atoms with Crippen LogP contribution in [0.25, 0.3) is 22.8 Å². The van der Waals surface area contributed by atoms with Crippen molar-refractivity contribution in [2.24, 2.45) is 0 Å². The van der Waals surface area contributed by atoms with Gasteiger partial charge in [0.05, 0.1) is 10.5 Å². The summed E-state index contributed by atoms with van der Waals surface area (Å²) in [4.78, 5) is 10.8. The first kappa shape index (κ1) is 19.6. The highest BCUT2D eigenvalue weighted by Crippen LogP contribution is 2.36. The standard InChI is InChI=1S/C14H7F6N3O2S2/c1-26-9-2-6(13(15,16)17)4-21-10(9)12-23-8-3-7(5-22-11(8)25-12)27(24)14(18,19)20/h2-5H,1H3. The maximum absolute atomic E-state index is 12.8. The van der Waals surface area contributed by atoms with Crippen molar-refractivity contribution in [2.75, 3.05) is 6.26 Å². The minimum Gasteiger partial charge on any atom is -0.416 e. The van der Waals surface area contributed by atoms with Gasteiger partial charge < -0.3 is 4.42 Å². The van der Waals surface area contributed by atoms with Gasteiger partial charge in [-0.05, 0) is 18.4 Å². The SMILES string of the molecule is CSc1cc(C(F)(F)F)cnc1-c1nc2cc(S(=O)C(F)(F)F)cnc2o1. The van der Waals surface area contributed by atoms with Crippen LogP contribution in [-0.2, 0) is 17.0 Å². The first-order valence-corrected chi connectivity index (χ1v) is 9.25. The molecule has 3 rings (SSSR count). The van der Waals surface area contributed by atoms with Gasteiger partial charge in [0.1, 0.15) is 11.2 Å². The Bertz CT molecular complexity index is 1030. The lowest BCUT2D eigenvalue weighted by molar-refractivity contribution is -0.138. The van der Waals surface area contributed by atoms with Gasteiger partial charge in [0.25, 0.3) is 0 Å². The minimum atomic E-state index is -4.97. The highest BCUT2D eigenvalue weighted by molar-refractivity contribution is 7.98. The number of thioether (sulfide) groups is 1. The molecule has 13 heteroatoms. The van der Waals surface area contributed by atoms with Crippen LogP contribution >= 0.6 is 11.8 Å². The van der Waals surface area contributed by atoms with Crippen LogP contribution in [0.2, 0.25) is 0 Å². The van der Waals surface area contributed by atoms with Gasteiger partial charge in [-0.2, -0.15) is 26.3 Å². The molecule has 0 aromatic carbocycles. The molecule has 0 aliphatic rings. The maximum atomic E-state index is 12.8. The van der Waals surface area contributed by atoms with Crippen LogP contribution in [-0.4, -0.2) is 30.9 Å². The lowest BCUT2D eigenvalue weighted by Gasteiger charge is -2.09. The predicted molar refractivity (Wildman–Crippen MR) is 84.3 cm³/mol. The summed E-state index contributed by atoms with van der Waals surface area (Å²) in [7, 11) is -3.30. The van der Waals surface area contributed by atoms with Crippen molar-refractivity contribution in [1.29, 1.82) is 0 Å². The van der Waals surface area contributed by atoms with E-state index in [-0.39, 0.29) is 27.7 Å². The predicted octanol–water partition coefficient (Wildman–Crippen LogP) is 4.65. The molecule has 5 nitrogen and oxygen atoms in total. The van der Waals surface area contributed by atoms with Crippen LogP contribution in [0.4, 0.5) is 26.3 Å². The zero-order valence-electron chi connectivity index (χ0n) is 13.1. The van der Waals surface area contributed by atoms with Crippen LogP contribution in [0, 0.1) is 0 Å². The van der Waals surface area contributed by atoms with Gasteiger partial charge in [0.15, 0.2) is 10.8 Å². The van der Waals surface area contributed by atoms with Gasteiger partial charge >= 0.3 is 11.7 Å². The lowest BCUT2D eigenvalue weighted by Crippen LogP contribution is -2.16. The monoisotopic (exact) mass is 427 g/mol. The molecule has 1 unspecified atom stereocenters. The largest absolute Gasteiger partial charge is 0.475 e. The zero-order valence-corrected chi connectivity index (χ0v) is 14.7. The number of hydrogen-bond donors (Lipinski definition) is 0. The van der Waals surface area contributed by atoms with E-state index >= 15 is 0 Å². The summed E-state index contributed by atoms with van der Waals surface area (Å²) in [6.45, 7) is 0. The van der Waals surface area contributed by atoms with Crippen LogP contribution in [0.5, 0.6) is 0 Å². The number of hydrogen-bond acceptors (Lipinski definition) is 6. The summed E-state index contributed by atoms with van der Waals surface area (Å²) in [5.74, 6) is -0.217. The summed E-state index contributed by atoms with van der Waals surface area (Å²) in [6.07, 6.45) is -1.74. The normalized spacial score (nSPS) is 13.9. The number of alkyl halides is 6. The molecule has 0 N–H and O–H groups in total. The van der Waals surface area contributed by atoms with Crippen molar-refractivity contribution in [3.05, 3.63) is 30.1 Å². The molecule has 3 aromatic heterocycles. The van der Waals surface area contributed by atoms with Crippen molar-refractivity contribution < 1.29 is 35.0 Å². The summed E-state index contributed by atoms with van der Waals surface area (Å²) >= 11 is 0.962. The second-order valence-corrected chi connectivity index (χ2v) is 7.32. The molecule has 3 aromatic rings.